The van der Waals surface area contributed by atoms with Gasteiger partial charge in [0.05, 0.1) is 14.2 Å². The van der Waals surface area contributed by atoms with E-state index in [0.717, 1.165) is 16.5 Å². The second kappa shape index (κ2) is 9.60. The molecule has 2 aromatic rings. The molecule has 4 nitrogen and oxygen atoms in total. The highest BCUT2D eigenvalue weighted by Gasteiger charge is 2.19. The maximum Gasteiger partial charge on any atom is 0.244 e. The molecule has 1 amide bonds. The zero-order chi connectivity index (χ0) is 19.9. The number of hydrogen-bond acceptors (Lipinski definition) is 3. The molecule has 0 bridgehead atoms. The number of nitrogens with one attached hydrogen (secondary N) is 1. The van der Waals surface area contributed by atoms with Gasteiger partial charge in [0.2, 0.25) is 5.91 Å². The molecule has 144 valence electrons. The fourth-order valence-electron chi connectivity index (χ4n) is 2.74. The van der Waals surface area contributed by atoms with Crippen LogP contribution >= 0.6 is 15.9 Å². The fourth-order valence-corrected chi connectivity index (χ4v) is 3.00. The number of amides is 1. The SMILES string of the molecule is COc1ccc(OC)c(/C=C/C(=O)NCC(C)(C)Cc2ccc(Br)cc2)c1. The van der Waals surface area contributed by atoms with Crippen LogP contribution in [0.5, 0.6) is 11.5 Å². The van der Waals surface area contributed by atoms with E-state index in [9.17, 15) is 4.79 Å². The van der Waals surface area contributed by atoms with Crippen molar-refractivity contribution in [2.75, 3.05) is 20.8 Å². The highest BCUT2D eigenvalue weighted by Crippen LogP contribution is 2.25. The van der Waals surface area contributed by atoms with Crippen LogP contribution in [-0.2, 0) is 11.2 Å². The van der Waals surface area contributed by atoms with E-state index in [-0.39, 0.29) is 11.3 Å². The first kappa shape index (κ1) is 21.0. The van der Waals surface area contributed by atoms with Crippen molar-refractivity contribution in [3.05, 3.63) is 64.1 Å². The molecular formula is C22H26BrNO3. The van der Waals surface area contributed by atoms with E-state index in [2.05, 4.69) is 47.2 Å². The minimum Gasteiger partial charge on any atom is -0.497 e. The van der Waals surface area contributed by atoms with Crippen molar-refractivity contribution in [1.82, 2.24) is 5.32 Å². The lowest BCUT2D eigenvalue weighted by molar-refractivity contribution is -0.116. The van der Waals surface area contributed by atoms with Gasteiger partial charge in [0, 0.05) is 22.7 Å². The van der Waals surface area contributed by atoms with Crippen LogP contribution in [0.25, 0.3) is 6.08 Å². The summed E-state index contributed by atoms with van der Waals surface area (Å²) < 4.78 is 11.6. The van der Waals surface area contributed by atoms with Gasteiger partial charge in [-0.05, 0) is 53.8 Å². The molecule has 0 radical (unpaired) electrons. The molecule has 1 N–H and O–H groups in total. The number of rotatable bonds is 8. The van der Waals surface area contributed by atoms with Crippen LogP contribution < -0.4 is 14.8 Å². The molecule has 2 rings (SSSR count). The first-order chi connectivity index (χ1) is 12.8. The number of methoxy groups -OCH3 is 2. The zero-order valence-corrected chi connectivity index (χ0v) is 17.8. The van der Waals surface area contributed by atoms with E-state index in [1.165, 1.54) is 11.6 Å². The summed E-state index contributed by atoms with van der Waals surface area (Å²) >= 11 is 3.45. The highest BCUT2D eigenvalue weighted by atomic mass is 79.9. The van der Waals surface area contributed by atoms with Gasteiger partial charge in [-0.3, -0.25) is 4.79 Å². The van der Waals surface area contributed by atoms with E-state index < -0.39 is 0 Å². The Labute approximate surface area is 169 Å². The Morgan fingerprint density at radius 1 is 1.11 bits per heavy atom. The van der Waals surface area contributed by atoms with Gasteiger partial charge in [-0.1, -0.05) is 41.9 Å². The Morgan fingerprint density at radius 3 is 2.44 bits per heavy atom. The van der Waals surface area contributed by atoms with Crippen molar-refractivity contribution < 1.29 is 14.3 Å². The first-order valence-corrected chi connectivity index (χ1v) is 9.55. The van der Waals surface area contributed by atoms with Gasteiger partial charge in [-0.15, -0.1) is 0 Å². The second-order valence-electron chi connectivity index (χ2n) is 7.13. The topological polar surface area (TPSA) is 47.6 Å². The average molecular weight is 432 g/mol. The lowest BCUT2D eigenvalue weighted by Crippen LogP contribution is -2.34. The van der Waals surface area contributed by atoms with Crippen LogP contribution in [0, 0.1) is 5.41 Å². The Kier molecular flexibility index (Phi) is 7.48. The van der Waals surface area contributed by atoms with E-state index in [1.807, 2.05) is 30.3 Å². The van der Waals surface area contributed by atoms with E-state index in [1.54, 1.807) is 20.3 Å². The number of carbonyl (C=O) groups is 1. The maximum atomic E-state index is 12.2. The summed E-state index contributed by atoms with van der Waals surface area (Å²) in [6.07, 6.45) is 4.14. The van der Waals surface area contributed by atoms with Crippen molar-refractivity contribution >= 4 is 27.9 Å². The van der Waals surface area contributed by atoms with Gasteiger partial charge in [-0.25, -0.2) is 0 Å². The molecule has 0 fully saturated rings. The van der Waals surface area contributed by atoms with Crippen LogP contribution in [0.1, 0.15) is 25.0 Å². The van der Waals surface area contributed by atoms with Crippen LogP contribution in [-0.4, -0.2) is 26.7 Å². The van der Waals surface area contributed by atoms with Crippen molar-refractivity contribution in [2.45, 2.75) is 20.3 Å². The number of halogens is 1. The Hall–Kier alpha value is -2.27. The predicted octanol–water partition coefficient (Wildman–Crippen LogP) is 4.86. The van der Waals surface area contributed by atoms with Gasteiger partial charge >= 0.3 is 0 Å². The van der Waals surface area contributed by atoms with Crippen molar-refractivity contribution in [3.8, 4) is 11.5 Å². The lowest BCUT2D eigenvalue weighted by atomic mass is 9.85. The predicted molar refractivity (Wildman–Crippen MR) is 113 cm³/mol. The van der Waals surface area contributed by atoms with Gasteiger partial charge in [-0.2, -0.15) is 0 Å². The summed E-state index contributed by atoms with van der Waals surface area (Å²) in [5.41, 5.74) is 1.99. The maximum absolute atomic E-state index is 12.2. The summed E-state index contributed by atoms with van der Waals surface area (Å²) in [4.78, 5) is 12.2. The van der Waals surface area contributed by atoms with Gasteiger partial charge in [0.1, 0.15) is 11.5 Å². The molecular weight excluding hydrogens is 406 g/mol. The molecule has 0 unspecified atom stereocenters. The Bertz CT molecular complexity index is 798. The summed E-state index contributed by atoms with van der Waals surface area (Å²) in [5.74, 6) is 1.27. The number of ether oxygens (including phenoxy) is 2. The normalized spacial score (nSPS) is 11.4. The molecule has 0 aliphatic rings. The molecule has 0 saturated carbocycles. The molecule has 0 aliphatic heterocycles. The number of benzene rings is 2. The van der Waals surface area contributed by atoms with Crippen LogP contribution in [0.2, 0.25) is 0 Å². The molecule has 2 aromatic carbocycles. The average Bonchev–Trinajstić information content (AvgIpc) is 2.66. The fraction of sp³-hybridized carbons (Fsp3) is 0.318. The number of hydrogen-bond donors (Lipinski definition) is 1. The molecule has 27 heavy (non-hydrogen) atoms. The van der Waals surface area contributed by atoms with Gasteiger partial charge in [0.25, 0.3) is 0 Å². The van der Waals surface area contributed by atoms with Crippen LogP contribution in [0.3, 0.4) is 0 Å². The van der Waals surface area contributed by atoms with Crippen molar-refractivity contribution in [1.29, 1.82) is 0 Å². The largest absolute Gasteiger partial charge is 0.497 e. The summed E-state index contributed by atoms with van der Waals surface area (Å²) in [5, 5.41) is 2.98. The summed E-state index contributed by atoms with van der Waals surface area (Å²) in [6.45, 7) is 4.87. The molecule has 0 aliphatic carbocycles. The Balaban J connectivity index is 1.95. The molecule has 5 heteroatoms. The molecule has 0 atom stereocenters. The highest BCUT2D eigenvalue weighted by molar-refractivity contribution is 9.10. The summed E-state index contributed by atoms with van der Waals surface area (Å²) in [6, 6.07) is 13.7. The molecule has 0 aromatic heterocycles. The van der Waals surface area contributed by atoms with E-state index >= 15 is 0 Å². The van der Waals surface area contributed by atoms with Crippen LogP contribution in [0.15, 0.2) is 53.0 Å². The lowest BCUT2D eigenvalue weighted by Gasteiger charge is -2.25. The molecule has 0 saturated heterocycles. The summed E-state index contributed by atoms with van der Waals surface area (Å²) in [7, 11) is 3.21. The standard InChI is InChI=1S/C22H26BrNO3/c1-22(2,14-16-5-8-18(23)9-6-16)15-24-21(25)12-7-17-13-19(26-3)10-11-20(17)27-4/h5-13H,14-15H2,1-4H3,(H,24,25)/b12-7+. The van der Waals surface area contributed by atoms with Crippen molar-refractivity contribution in [2.24, 2.45) is 5.41 Å². The van der Waals surface area contributed by atoms with Crippen molar-refractivity contribution in [3.63, 3.8) is 0 Å². The minimum absolute atomic E-state index is 0.0506. The first-order valence-electron chi connectivity index (χ1n) is 8.75. The molecule has 0 heterocycles. The van der Waals surface area contributed by atoms with E-state index in [4.69, 9.17) is 9.47 Å². The third-order valence-electron chi connectivity index (χ3n) is 4.19. The second-order valence-corrected chi connectivity index (χ2v) is 8.04. The minimum atomic E-state index is -0.135. The third kappa shape index (κ3) is 6.75. The zero-order valence-electron chi connectivity index (χ0n) is 16.2. The van der Waals surface area contributed by atoms with Gasteiger partial charge < -0.3 is 14.8 Å². The van der Waals surface area contributed by atoms with E-state index in [0.29, 0.717) is 18.0 Å². The Morgan fingerprint density at radius 2 is 1.81 bits per heavy atom. The third-order valence-corrected chi connectivity index (χ3v) is 4.72. The smallest absolute Gasteiger partial charge is 0.244 e. The molecule has 0 spiro atoms. The quantitative estimate of drug-likeness (QED) is 0.606. The van der Waals surface area contributed by atoms with Gasteiger partial charge in [0.15, 0.2) is 0 Å². The van der Waals surface area contributed by atoms with Crippen LogP contribution in [0.4, 0.5) is 0 Å². The number of carbonyl (C=O) groups excluding carboxylic acids is 1. The monoisotopic (exact) mass is 431 g/mol.